The maximum Gasteiger partial charge on any atom is 0.332 e. The molecule has 1 aliphatic heterocycles. The lowest BCUT2D eigenvalue weighted by Crippen LogP contribution is -2.46. The van der Waals surface area contributed by atoms with E-state index in [1.807, 2.05) is 24.3 Å². The zero-order valence-corrected chi connectivity index (χ0v) is 20.0. The topological polar surface area (TPSA) is 104 Å². The van der Waals surface area contributed by atoms with Crippen LogP contribution in [0, 0.1) is 0 Å². The lowest BCUT2D eigenvalue weighted by Gasteiger charge is -2.36. The van der Waals surface area contributed by atoms with Gasteiger partial charge in [-0.2, -0.15) is 0 Å². The number of methoxy groups -OCH3 is 1. The van der Waals surface area contributed by atoms with E-state index in [-0.39, 0.29) is 24.3 Å². The summed E-state index contributed by atoms with van der Waals surface area (Å²) >= 11 is 0. The van der Waals surface area contributed by atoms with E-state index in [2.05, 4.69) is 14.8 Å². The molecule has 34 heavy (non-hydrogen) atoms. The second-order valence-corrected chi connectivity index (χ2v) is 8.26. The van der Waals surface area contributed by atoms with Crippen LogP contribution in [0.4, 0.5) is 5.69 Å². The van der Waals surface area contributed by atoms with Gasteiger partial charge in [-0.15, -0.1) is 0 Å². The molecule has 0 radical (unpaired) electrons. The van der Waals surface area contributed by atoms with Crippen molar-refractivity contribution < 1.29 is 14.3 Å². The Bertz CT molecular complexity index is 1300. The average Bonchev–Trinajstić information content (AvgIpc) is 3.19. The SMILES string of the molecule is CCOC(=O)Cn1c(CN2CCN(c3ccc(OC)cc3)CC2)nc2c1c(=O)n(C)c(=O)n2C. The number of carbonyl (C=O) groups is 1. The molecule has 1 aromatic carbocycles. The maximum atomic E-state index is 12.9. The third-order valence-electron chi connectivity index (χ3n) is 6.19. The molecular formula is C23H30N6O5. The van der Waals surface area contributed by atoms with E-state index in [4.69, 9.17) is 9.47 Å². The standard InChI is InChI=1S/C23H30N6O5/c1-5-34-19(30)15-29-18(24-21-20(29)22(31)26(3)23(32)25(21)2)14-27-10-12-28(13-11-27)16-6-8-17(33-4)9-7-16/h6-9H,5,10-15H2,1-4H3. The molecule has 3 heterocycles. The molecule has 11 heteroatoms. The quantitative estimate of drug-likeness (QED) is 0.455. The van der Waals surface area contributed by atoms with Crippen LogP contribution in [-0.4, -0.2) is 69.5 Å². The lowest BCUT2D eigenvalue weighted by molar-refractivity contribution is -0.143. The summed E-state index contributed by atoms with van der Waals surface area (Å²) in [7, 11) is 4.64. The highest BCUT2D eigenvalue weighted by Gasteiger charge is 2.24. The molecule has 1 saturated heterocycles. The Balaban J connectivity index is 1.59. The molecular weight excluding hydrogens is 440 g/mol. The fourth-order valence-electron chi connectivity index (χ4n) is 4.28. The number of esters is 1. The number of anilines is 1. The molecule has 182 valence electrons. The minimum Gasteiger partial charge on any atom is -0.497 e. The molecule has 0 N–H and O–H groups in total. The van der Waals surface area contributed by atoms with Crippen LogP contribution >= 0.6 is 0 Å². The van der Waals surface area contributed by atoms with Gasteiger partial charge in [-0.3, -0.25) is 23.6 Å². The molecule has 0 spiro atoms. The van der Waals surface area contributed by atoms with Gasteiger partial charge >= 0.3 is 11.7 Å². The Morgan fingerprint density at radius 2 is 1.71 bits per heavy atom. The zero-order chi connectivity index (χ0) is 24.4. The highest BCUT2D eigenvalue weighted by Crippen LogP contribution is 2.21. The Kier molecular flexibility index (Phi) is 6.73. The summed E-state index contributed by atoms with van der Waals surface area (Å²) in [6.45, 7) is 5.49. The molecule has 2 aromatic heterocycles. The van der Waals surface area contributed by atoms with Gasteiger partial charge in [-0.1, -0.05) is 0 Å². The number of ether oxygens (including phenoxy) is 2. The molecule has 0 aliphatic carbocycles. The smallest absolute Gasteiger partial charge is 0.332 e. The van der Waals surface area contributed by atoms with Crippen molar-refractivity contribution in [3.05, 3.63) is 50.9 Å². The first-order chi connectivity index (χ1) is 16.3. The van der Waals surface area contributed by atoms with Crippen LogP contribution < -0.4 is 20.9 Å². The van der Waals surface area contributed by atoms with Gasteiger partial charge in [-0.05, 0) is 31.2 Å². The number of hydrogen-bond donors (Lipinski definition) is 0. The van der Waals surface area contributed by atoms with E-state index in [0.717, 1.165) is 42.2 Å². The largest absolute Gasteiger partial charge is 0.497 e. The van der Waals surface area contributed by atoms with Crippen molar-refractivity contribution in [2.75, 3.05) is 44.8 Å². The number of rotatable bonds is 7. The predicted octanol–water partition coefficient (Wildman–Crippen LogP) is 0.328. The minimum absolute atomic E-state index is 0.140. The fourth-order valence-corrected chi connectivity index (χ4v) is 4.28. The highest BCUT2D eigenvalue weighted by molar-refractivity contribution is 5.76. The van der Waals surface area contributed by atoms with Crippen LogP contribution in [-0.2, 0) is 36.7 Å². The number of aromatic nitrogens is 4. The summed E-state index contributed by atoms with van der Waals surface area (Å²) in [5, 5.41) is 0. The van der Waals surface area contributed by atoms with Gasteiger partial charge in [0.2, 0.25) is 0 Å². The molecule has 1 aliphatic rings. The summed E-state index contributed by atoms with van der Waals surface area (Å²) in [6.07, 6.45) is 0. The molecule has 4 rings (SSSR count). The predicted molar refractivity (Wildman–Crippen MR) is 127 cm³/mol. The van der Waals surface area contributed by atoms with Gasteiger partial charge in [-0.25, -0.2) is 9.78 Å². The molecule has 0 amide bonds. The van der Waals surface area contributed by atoms with E-state index < -0.39 is 17.2 Å². The molecule has 1 fully saturated rings. The van der Waals surface area contributed by atoms with Crippen molar-refractivity contribution in [2.24, 2.45) is 14.1 Å². The van der Waals surface area contributed by atoms with Crippen LogP contribution in [0.3, 0.4) is 0 Å². The maximum absolute atomic E-state index is 12.9. The molecule has 3 aromatic rings. The number of imidazole rings is 1. The Hall–Kier alpha value is -3.60. The first kappa shape index (κ1) is 23.6. The molecule has 0 unspecified atom stereocenters. The molecule has 11 nitrogen and oxygen atoms in total. The van der Waals surface area contributed by atoms with Gasteiger partial charge in [0.1, 0.15) is 18.1 Å². The van der Waals surface area contributed by atoms with E-state index in [9.17, 15) is 14.4 Å². The van der Waals surface area contributed by atoms with Crippen LogP contribution in [0.15, 0.2) is 33.9 Å². The number of benzene rings is 1. The van der Waals surface area contributed by atoms with Gasteiger partial charge in [0, 0.05) is 46.0 Å². The lowest BCUT2D eigenvalue weighted by atomic mass is 10.2. The number of piperazine rings is 1. The third kappa shape index (κ3) is 4.43. The average molecular weight is 471 g/mol. The zero-order valence-electron chi connectivity index (χ0n) is 20.0. The number of nitrogens with zero attached hydrogens (tertiary/aromatic N) is 6. The van der Waals surface area contributed by atoms with E-state index in [1.165, 1.54) is 11.6 Å². The molecule has 0 saturated carbocycles. The van der Waals surface area contributed by atoms with Crippen LogP contribution in [0.2, 0.25) is 0 Å². The number of carbonyl (C=O) groups excluding carboxylic acids is 1. The molecule has 0 bridgehead atoms. The van der Waals surface area contributed by atoms with Gasteiger partial charge < -0.3 is 18.9 Å². The van der Waals surface area contributed by atoms with Gasteiger partial charge in [0.25, 0.3) is 5.56 Å². The van der Waals surface area contributed by atoms with Crippen molar-refractivity contribution in [1.29, 1.82) is 0 Å². The van der Waals surface area contributed by atoms with E-state index in [0.29, 0.717) is 12.4 Å². The minimum atomic E-state index is -0.481. The van der Waals surface area contributed by atoms with Crippen molar-refractivity contribution in [3.8, 4) is 5.75 Å². The first-order valence-electron chi connectivity index (χ1n) is 11.3. The van der Waals surface area contributed by atoms with Crippen molar-refractivity contribution in [2.45, 2.75) is 20.0 Å². The first-order valence-corrected chi connectivity index (χ1v) is 11.3. The normalized spacial score (nSPS) is 14.5. The third-order valence-corrected chi connectivity index (χ3v) is 6.19. The number of fused-ring (bicyclic) bond motifs is 1. The number of aryl methyl sites for hydroxylation is 1. The fraction of sp³-hybridized carbons (Fsp3) is 0.478. The van der Waals surface area contributed by atoms with Crippen molar-refractivity contribution in [1.82, 2.24) is 23.6 Å². The van der Waals surface area contributed by atoms with E-state index in [1.54, 1.807) is 25.6 Å². The van der Waals surface area contributed by atoms with Crippen LogP contribution in [0.5, 0.6) is 5.75 Å². The van der Waals surface area contributed by atoms with Crippen molar-refractivity contribution in [3.63, 3.8) is 0 Å². The summed E-state index contributed by atoms with van der Waals surface area (Å²) in [4.78, 5) is 46.8. The highest BCUT2D eigenvalue weighted by atomic mass is 16.5. The summed E-state index contributed by atoms with van der Waals surface area (Å²) in [6, 6.07) is 7.99. The van der Waals surface area contributed by atoms with E-state index >= 15 is 0 Å². The summed E-state index contributed by atoms with van der Waals surface area (Å²) in [5.41, 5.74) is 0.686. The summed E-state index contributed by atoms with van der Waals surface area (Å²) < 4.78 is 14.3. The molecule has 0 atom stereocenters. The Morgan fingerprint density at radius 3 is 2.32 bits per heavy atom. The monoisotopic (exact) mass is 470 g/mol. The van der Waals surface area contributed by atoms with Crippen LogP contribution in [0.25, 0.3) is 11.2 Å². The number of hydrogen-bond acceptors (Lipinski definition) is 8. The summed E-state index contributed by atoms with van der Waals surface area (Å²) in [5.74, 6) is 0.922. The Labute approximate surface area is 196 Å². The Morgan fingerprint density at radius 1 is 1.03 bits per heavy atom. The van der Waals surface area contributed by atoms with Gasteiger partial charge in [0.05, 0.1) is 20.3 Å². The second-order valence-electron chi connectivity index (χ2n) is 8.26. The van der Waals surface area contributed by atoms with Crippen molar-refractivity contribution >= 4 is 22.8 Å². The van der Waals surface area contributed by atoms with Gasteiger partial charge in [0.15, 0.2) is 11.2 Å². The second kappa shape index (κ2) is 9.72. The van der Waals surface area contributed by atoms with Crippen LogP contribution in [0.1, 0.15) is 12.7 Å².